The van der Waals surface area contributed by atoms with Crippen molar-refractivity contribution in [2.45, 2.75) is 118 Å². The molecule has 0 aliphatic rings. The first-order chi connectivity index (χ1) is 12.5. The third-order valence-electron chi connectivity index (χ3n) is 4.34. The smallest absolute Gasteiger partial charge is 0.322 e. The van der Waals surface area contributed by atoms with Gasteiger partial charge in [0, 0.05) is 18.6 Å². The molecule has 1 atom stereocenters. The van der Waals surface area contributed by atoms with Crippen molar-refractivity contribution in [2.75, 3.05) is 13.2 Å². The van der Waals surface area contributed by atoms with Crippen LogP contribution in [0.2, 0.25) is 0 Å². The minimum absolute atomic E-state index is 0.392. The molecule has 0 fully saturated rings. The SMILES string of the molecule is CCCCCCCCCCCCOP(OC=NCC)N(C(C)C)C(C)C. The minimum Gasteiger partial charge on any atom is -0.425 e. The Labute approximate surface area is 165 Å². The van der Waals surface area contributed by atoms with Crippen LogP contribution >= 0.6 is 8.53 Å². The molecule has 156 valence electrons. The molecule has 0 radical (unpaired) electrons. The molecule has 4 nitrogen and oxygen atoms in total. The minimum atomic E-state index is -1.07. The normalized spacial score (nSPS) is 13.4. The number of hydrogen-bond acceptors (Lipinski definition) is 4. The standard InChI is InChI=1S/C21H45N2O2P/c1-7-9-10-11-12-13-14-15-16-17-18-24-26(25-19-22-8-2)23(20(3)4)21(5)6/h19-21H,7-18H2,1-6H3. The second kappa shape index (κ2) is 18.2. The number of nitrogens with zero attached hydrogens (tertiary/aromatic N) is 2. The third kappa shape index (κ3) is 13.9. The molecule has 0 aromatic rings. The van der Waals surface area contributed by atoms with Crippen LogP contribution in [0.1, 0.15) is 106 Å². The van der Waals surface area contributed by atoms with Crippen LogP contribution in [-0.2, 0) is 9.05 Å². The van der Waals surface area contributed by atoms with E-state index < -0.39 is 8.53 Å². The zero-order chi connectivity index (χ0) is 19.6. The maximum absolute atomic E-state index is 6.12. The van der Waals surface area contributed by atoms with Crippen molar-refractivity contribution in [1.29, 1.82) is 0 Å². The van der Waals surface area contributed by atoms with Crippen molar-refractivity contribution in [2.24, 2.45) is 4.99 Å². The van der Waals surface area contributed by atoms with E-state index in [1.54, 1.807) is 6.40 Å². The van der Waals surface area contributed by atoms with Crippen molar-refractivity contribution in [1.82, 2.24) is 4.67 Å². The molecule has 0 N–H and O–H groups in total. The van der Waals surface area contributed by atoms with Crippen molar-refractivity contribution >= 4 is 14.9 Å². The van der Waals surface area contributed by atoms with Crippen LogP contribution in [0.5, 0.6) is 0 Å². The summed E-state index contributed by atoms with van der Waals surface area (Å²) in [6.07, 6.45) is 15.0. The topological polar surface area (TPSA) is 34.1 Å². The molecular formula is C21H45N2O2P. The first kappa shape index (κ1) is 25.8. The Morgan fingerprint density at radius 3 is 1.77 bits per heavy atom. The molecule has 0 aliphatic heterocycles. The second-order valence-electron chi connectivity index (χ2n) is 7.53. The number of hydrogen-bond donors (Lipinski definition) is 0. The summed E-state index contributed by atoms with van der Waals surface area (Å²) in [6.45, 7) is 14.6. The van der Waals surface area contributed by atoms with Gasteiger partial charge in [-0.3, -0.25) is 4.99 Å². The van der Waals surface area contributed by atoms with E-state index in [1.165, 1.54) is 57.8 Å². The van der Waals surface area contributed by atoms with E-state index >= 15 is 0 Å². The lowest BCUT2D eigenvalue weighted by Gasteiger charge is -2.34. The molecule has 0 rings (SSSR count). The van der Waals surface area contributed by atoms with Crippen LogP contribution < -0.4 is 0 Å². The maximum Gasteiger partial charge on any atom is 0.322 e. The van der Waals surface area contributed by atoms with E-state index in [0.29, 0.717) is 12.1 Å². The Morgan fingerprint density at radius 1 is 0.808 bits per heavy atom. The lowest BCUT2D eigenvalue weighted by Crippen LogP contribution is -2.33. The van der Waals surface area contributed by atoms with E-state index in [9.17, 15) is 0 Å². The monoisotopic (exact) mass is 388 g/mol. The number of aliphatic imine (C=N–C) groups is 1. The van der Waals surface area contributed by atoms with Crippen molar-refractivity contribution in [3.8, 4) is 0 Å². The van der Waals surface area contributed by atoms with Gasteiger partial charge >= 0.3 is 8.53 Å². The molecule has 1 unspecified atom stereocenters. The molecule has 0 saturated carbocycles. The fourth-order valence-electron chi connectivity index (χ4n) is 3.01. The van der Waals surface area contributed by atoms with Gasteiger partial charge in [-0.2, -0.15) is 0 Å². The Kier molecular flexibility index (Phi) is 18.1. The summed E-state index contributed by atoms with van der Waals surface area (Å²) in [4.78, 5) is 4.18. The van der Waals surface area contributed by atoms with Crippen LogP contribution in [-0.4, -0.2) is 36.3 Å². The average Bonchev–Trinajstić information content (AvgIpc) is 2.58. The highest BCUT2D eigenvalue weighted by atomic mass is 31.2. The Morgan fingerprint density at radius 2 is 1.31 bits per heavy atom. The van der Waals surface area contributed by atoms with E-state index in [2.05, 4.69) is 44.3 Å². The summed E-state index contributed by atoms with van der Waals surface area (Å²) in [6, 6.07) is 0.785. The van der Waals surface area contributed by atoms with Crippen LogP contribution in [0.3, 0.4) is 0 Å². The predicted molar refractivity (Wildman–Crippen MR) is 117 cm³/mol. The quantitative estimate of drug-likeness (QED) is 0.107. The fourth-order valence-corrected chi connectivity index (χ4v) is 4.50. The van der Waals surface area contributed by atoms with Crippen molar-refractivity contribution in [3.05, 3.63) is 0 Å². The average molecular weight is 389 g/mol. The van der Waals surface area contributed by atoms with Crippen molar-refractivity contribution < 1.29 is 9.05 Å². The van der Waals surface area contributed by atoms with Gasteiger partial charge in [0.15, 0.2) is 6.40 Å². The third-order valence-corrected chi connectivity index (χ3v) is 6.32. The summed E-state index contributed by atoms with van der Waals surface area (Å²) < 4.78 is 14.3. The lowest BCUT2D eigenvalue weighted by atomic mass is 10.1. The first-order valence-corrected chi connectivity index (χ1v) is 12.0. The summed E-state index contributed by atoms with van der Waals surface area (Å²) >= 11 is 0. The van der Waals surface area contributed by atoms with E-state index in [1.807, 2.05) is 6.92 Å². The summed E-state index contributed by atoms with van der Waals surface area (Å²) in [5.74, 6) is 0. The molecule has 0 aromatic carbocycles. The molecule has 0 aromatic heterocycles. The van der Waals surface area contributed by atoms with E-state index in [0.717, 1.165) is 19.6 Å². The van der Waals surface area contributed by atoms with Crippen LogP contribution in [0.15, 0.2) is 4.99 Å². The predicted octanol–water partition coefficient (Wildman–Crippen LogP) is 7.33. The maximum atomic E-state index is 6.12. The number of unbranched alkanes of at least 4 members (excludes halogenated alkanes) is 9. The molecular weight excluding hydrogens is 343 g/mol. The largest absolute Gasteiger partial charge is 0.425 e. The van der Waals surface area contributed by atoms with Gasteiger partial charge in [-0.1, -0.05) is 64.7 Å². The molecule has 0 spiro atoms. The van der Waals surface area contributed by atoms with Crippen molar-refractivity contribution in [3.63, 3.8) is 0 Å². The van der Waals surface area contributed by atoms with Gasteiger partial charge in [-0.25, -0.2) is 4.67 Å². The Balaban J connectivity index is 3.97. The lowest BCUT2D eigenvalue weighted by molar-refractivity contribution is 0.213. The van der Waals surface area contributed by atoms with Crippen LogP contribution in [0.25, 0.3) is 0 Å². The summed E-state index contributed by atoms with van der Waals surface area (Å²) in [7, 11) is -1.07. The Bertz CT molecular complexity index is 317. The molecule has 0 bridgehead atoms. The van der Waals surface area contributed by atoms with Gasteiger partial charge < -0.3 is 9.05 Å². The summed E-state index contributed by atoms with van der Waals surface area (Å²) in [5, 5.41) is 0. The molecule has 0 heterocycles. The first-order valence-electron chi connectivity index (χ1n) is 10.9. The van der Waals surface area contributed by atoms with Gasteiger partial charge in [-0.15, -0.1) is 0 Å². The zero-order valence-corrected chi connectivity index (χ0v) is 19.3. The highest BCUT2D eigenvalue weighted by Crippen LogP contribution is 2.45. The highest BCUT2D eigenvalue weighted by molar-refractivity contribution is 7.45. The summed E-state index contributed by atoms with van der Waals surface area (Å²) in [5.41, 5.74) is 0. The zero-order valence-electron chi connectivity index (χ0n) is 18.4. The highest BCUT2D eigenvalue weighted by Gasteiger charge is 2.27. The second-order valence-corrected chi connectivity index (χ2v) is 8.94. The van der Waals surface area contributed by atoms with E-state index in [-0.39, 0.29) is 0 Å². The van der Waals surface area contributed by atoms with Gasteiger partial charge in [0.1, 0.15) is 0 Å². The van der Waals surface area contributed by atoms with Crippen LogP contribution in [0.4, 0.5) is 0 Å². The van der Waals surface area contributed by atoms with Gasteiger partial charge in [0.05, 0.1) is 6.61 Å². The number of rotatable bonds is 18. The van der Waals surface area contributed by atoms with Gasteiger partial charge in [0.25, 0.3) is 0 Å². The van der Waals surface area contributed by atoms with Gasteiger partial charge in [-0.05, 0) is 41.0 Å². The van der Waals surface area contributed by atoms with E-state index in [4.69, 9.17) is 9.05 Å². The molecule has 26 heavy (non-hydrogen) atoms. The molecule has 0 amide bonds. The van der Waals surface area contributed by atoms with Gasteiger partial charge in [0.2, 0.25) is 0 Å². The fraction of sp³-hybridized carbons (Fsp3) is 0.952. The Hall–Kier alpha value is -0.180. The molecule has 0 saturated heterocycles. The molecule has 0 aliphatic carbocycles. The van der Waals surface area contributed by atoms with Crippen LogP contribution in [0, 0.1) is 0 Å². The molecule has 5 heteroatoms.